The minimum atomic E-state index is -4.41. The van der Waals surface area contributed by atoms with Crippen LogP contribution in [0.3, 0.4) is 0 Å². The van der Waals surface area contributed by atoms with Gasteiger partial charge in [-0.2, -0.15) is 0 Å². The van der Waals surface area contributed by atoms with Crippen molar-refractivity contribution in [2.24, 2.45) is 0 Å². The monoisotopic (exact) mass is 411 g/mol. The molecule has 0 radical (unpaired) electrons. The van der Waals surface area contributed by atoms with Crippen LogP contribution < -0.4 is 5.32 Å². The van der Waals surface area contributed by atoms with Crippen molar-refractivity contribution in [1.29, 1.82) is 0 Å². The molecule has 24 heavy (non-hydrogen) atoms. The molecular formula is C17H24F3NO2Se. The fourth-order valence-electron chi connectivity index (χ4n) is 2.01. The van der Waals surface area contributed by atoms with Crippen molar-refractivity contribution in [3.63, 3.8) is 0 Å². The summed E-state index contributed by atoms with van der Waals surface area (Å²) in [4.78, 5) is 12.0. The Morgan fingerprint density at radius 1 is 1.25 bits per heavy atom. The molecule has 0 saturated carbocycles. The molecule has 1 unspecified atom stereocenters. The van der Waals surface area contributed by atoms with Crippen LogP contribution in [-0.4, -0.2) is 39.2 Å². The van der Waals surface area contributed by atoms with E-state index in [0.29, 0.717) is 5.69 Å². The standard InChI is InChI=1S/C17H24F3NO2Se/c1-4-5-11-24-14(16(2,3)23-12-17(18,19)20)15(22)21-13-9-7-6-8-10-13/h6-10,14H,4-5,11-12H2,1-3H3,(H,21,22). The summed E-state index contributed by atoms with van der Waals surface area (Å²) in [6.07, 6.45) is -2.47. The van der Waals surface area contributed by atoms with Crippen molar-refractivity contribution < 1.29 is 22.7 Å². The number of ether oxygens (including phenoxy) is 1. The number of nitrogens with one attached hydrogen (secondary N) is 1. The Morgan fingerprint density at radius 2 is 1.88 bits per heavy atom. The molecule has 1 aromatic carbocycles. The average Bonchev–Trinajstić information content (AvgIpc) is 2.50. The molecule has 0 saturated heterocycles. The van der Waals surface area contributed by atoms with Gasteiger partial charge in [-0.05, 0) is 0 Å². The van der Waals surface area contributed by atoms with E-state index in [2.05, 4.69) is 5.32 Å². The van der Waals surface area contributed by atoms with E-state index in [0.717, 1.165) is 18.2 Å². The van der Waals surface area contributed by atoms with Gasteiger partial charge in [-0.1, -0.05) is 0 Å². The summed E-state index contributed by atoms with van der Waals surface area (Å²) >= 11 is -0.149. The third-order valence-corrected chi connectivity index (χ3v) is 6.74. The number of unbranched alkanes of at least 4 members (excludes halogenated alkanes) is 1. The molecule has 0 aliphatic carbocycles. The summed E-state index contributed by atoms with van der Waals surface area (Å²) in [5.74, 6) is -0.288. The number of carbonyl (C=O) groups is 1. The number of hydrogen-bond donors (Lipinski definition) is 1. The molecule has 3 nitrogen and oxygen atoms in total. The van der Waals surface area contributed by atoms with Gasteiger partial charge in [-0.25, -0.2) is 0 Å². The van der Waals surface area contributed by atoms with Gasteiger partial charge in [-0.15, -0.1) is 0 Å². The SMILES string of the molecule is CCCC[Se]C(C(=O)Nc1ccccc1)C(C)(C)OCC(F)(F)F. The van der Waals surface area contributed by atoms with Gasteiger partial charge in [0.1, 0.15) is 0 Å². The van der Waals surface area contributed by atoms with Gasteiger partial charge in [0.15, 0.2) is 0 Å². The zero-order chi connectivity index (χ0) is 18.2. The molecule has 0 aliphatic rings. The Bertz CT molecular complexity index is 506. The molecule has 7 heteroatoms. The molecule has 136 valence electrons. The first-order chi connectivity index (χ1) is 11.2. The fourth-order valence-corrected chi connectivity index (χ4v) is 4.89. The number of carbonyl (C=O) groups excluding carboxylic acids is 1. The Balaban J connectivity index is 2.82. The first kappa shape index (κ1) is 21.0. The van der Waals surface area contributed by atoms with E-state index in [4.69, 9.17) is 4.74 Å². The third-order valence-electron chi connectivity index (χ3n) is 3.30. The van der Waals surface area contributed by atoms with Gasteiger partial charge in [0, 0.05) is 0 Å². The number of halogens is 3. The maximum atomic E-state index is 12.6. The van der Waals surface area contributed by atoms with Crippen LogP contribution in [0.2, 0.25) is 10.1 Å². The van der Waals surface area contributed by atoms with Crippen molar-refractivity contribution in [3.05, 3.63) is 30.3 Å². The molecule has 1 aromatic rings. The molecule has 0 aliphatic heterocycles. The van der Waals surface area contributed by atoms with Crippen LogP contribution >= 0.6 is 0 Å². The van der Waals surface area contributed by atoms with E-state index in [9.17, 15) is 18.0 Å². The average molecular weight is 410 g/mol. The number of anilines is 1. The van der Waals surface area contributed by atoms with Gasteiger partial charge in [0.05, 0.1) is 0 Å². The van der Waals surface area contributed by atoms with E-state index < -0.39 is 23.2 Å². The molecular weight excluding hydrogens is 386 g/mol. The number of alkyl halides is 3. The molecule has 1 N–H and O–H groups in total. The number of para-hydroxylation sites is 1. The topological polar surface area (TPSA) is 38.3 Å². The summed E-state index contributed by atoms with van der Waals surface area (Å²) < 4.78 is 42.5. The molecule has 0 fully saturated rings. The second-order valence-corrected chi connectivity index (χ2v) is 8.51. The zero-order valence-electron chi connectivity index (χ0n) is 14.2. The summed E-state index contributed by atoms with van der Waals surface area (Å²) in [7, 11) is 0. The summed E-state index contributed by atoms with van der Waals surface area (Å²) in [5.41, 5.74) is -0.548. The molecule has 0 bridgehead atoms. The number of benzene rings is 1. The summed E-state index contributed by atoms with van der Waals surface area (Å²) in [6, 6.07) is 8.90. The maximum absolute atomic E-state index is 12.6. The van der Waals surface area contributed by atoms with Gasteiger partial charge < -0.3 is 0 Å². The number of amides is 1. The summed E-state index contributed by atoms with van der Waals surface area (Å²) in [6.45, 7) is 3.81. The van der Waals surface area contributed by atoms with Crippen LogP contribution in [0, 0.1) is 0 Å². The van der Waals surface area contributed by atoms with Gasteiger partial charge in [0.2, 0.25) is 0 Å². The van der Waals surface area contributed by atoms with E-state index >= 15 is 0 Å². The van der Waals surface area contributed by atoms with Gasteiger partial charge in [-0.3, -0.25) is 0 Å². The van der Waals surface area contributed by atoms with Crippen LogP contribution in [0.5, 0.6) is 0 Å². The van der Waals surface area contributed by atoms with Crippen molar-refractivity contribution in [3.8, 4) is 0 Å². The molecule has 0 aromatic heterocycles. The van der Waals surface area contributed by atoms with E-state index in [1.54, 1.807) is 38.1 Å². The van der Waals surface area contributed by atoms with E-state index in [1.165, 1.54) is 0 Å². The Morgan fingerprint density at radius 3 is 2.42 bits per heavy atom. The van der Waals surface area contributed by atoms with Crippen LogP contribution in [0.1, 0.15) is 33.6 Å². The van der Waals surface area contributed by atoms with Crippen molar-refractivity contribution in [1.82, 2.24) is 0 Å². The zero-order valence-corrected chi connectivity index (χ0v) is 15.9. The van der Waals surface area contributed by atoms with Gasteiger partial charge in [0.25, 0.3) is 0 Å². The Hall–Kier alpha value is -1.04. The van der Waals surface area contributed by atoms with Crippen molar-refractivity contribution >= 4 is 26.6 Å². The first-order valence-electron chi connectivity index (χ1n) is 7.84. The quantitative estimate of drug-likeness (QED) is 0.474. The van der Waals surface area contributed by atoms with Crippen molar-refractivity contribution in [2.45, 2.75) is 55.5 Å². The molecule has 0 heterocycles. The predicted molar refractivity (Wildman–Crippen MR) is 90.4 cm³/mol. The van der Waals surface area contributed by atoms with E-state index in [1.807, 2.05) is 13.0 Å². The predicted octanol–water partition coefficient (Wildman–Crippen LogP) is 4.69. The third kappa shape index (κ3) is 7.69. The second-order valence-electron chi connectivity index (χ2n) is 5.97. The molecule has 1 rings (SSSR count). The van der Waals surface area contributed by atoms with Crippen LogP contribution in [0.4, 0.5) is 18.9 Å². The molecule has 0 spiro atoms. The van der Waals surface area contributed by atoms with Crippen molar-refractivity contribution in [2.75, 3.05) is 11.9 Å². The summed E-state index contributed by atoms with van der Waals surface area (Å²) in [5, 5.41) is 3.62. The van der Waals surface area contributed by atoms with Crippen LogP contribution in [0.25, 0.3) is 0 Å². The van der Waals surface area contributed by atoms with E-state index in [-0.39, 0.29) is 20.9 Å². The Labute approximate surface area is 147 Å². The number of hydrogen-bond acceptors (Lipinski definition) is 2. The molecule has 1 amide bonds. The Kier molecular flexibility index (Phi) is 8.27. The number of rotatable bonds is 9. The van der Waals surface area contributed by atoms with Crippen LogP contribution in [-0.2, 0) is 9.53 Å². The fraction of sp³-hybridized carbons (Fsp3) is 0.588. The minimum absolute atomic E-state index is 0.149. The molecule has 1 atom stereocenters. The van der Waals surface area contributed by atoms with Crippen LogP contribution in [0.15, 0.2) is 30.3 Å². The normalized spacial score (nSPS) is 13.6. The second kappa shape index (κ2) is 9.44. The first-order valence-corrected chi connectivity index (χ1v) is 10.0. The van der Waals surface area contributed by atoms with Gasteiger partial charge >= 0.3 is 147 Å².